The summed E-state index contributed by atoms with van der Waals surface area (Å²) in [6.45, 7) is 2.28. The van der Waals surface area contributed by atoms with Crippen LogP contribution in [0.1, 0.15) is 59.3 Å². The maximum absolute atomic E-state index is 14.4. The molecule has 0 unspecified atom stereocenters. The van der Waals surface area contributed by atoms with Crippen molar-refractivity contribution in [2.24, 2.45) is 7.05 Å². The van der Waals surface area contributed by atoms with E-state index in [0.29, 0.717) is 29.7 Å². The lowest BCUT2D eigenvalue weighted by Gasteiger charge is -2.38. The number of benzene rings is 1. The number of nitrogens with zero attached hydrogens (tertiary/aromatic N) is 6. The fourth-order valence-electron chi connectivity index (χ4n) is 5.62. The smallest absolute Gasteiger partial charge is 0.263 e. The van der Waals surface area contributed by atoms with Crippen LogP contribution in [0.15, 0.2) is 53.7 Å². The number of rotatable bonds is 9. The molecule has 0 atom stereocenters. The monoisotopic (exact) mass is 569 g/mol. The van der Waals surface area contributed by atoms with Crippen molar-refractivity contribution >= 4 is 11.7 Å². The highest BCUT2D eigenvalue weighted by atomic mass is 19.1. The van der Waals surface area contributed by atoms with Gasteiger partial charge in [0.05, 0.1) is 6.10 Å². The lowest BCUT2D eigenvalue weighted by Crippen LogP contribution is -2.51. The van der Waals surface area contributed by atoms with Gasteiger partial charge in [-0.25, -0.2) is 9.37 Å². The number of aryl methyl sites for hydroxylation is 1. The molecule has 1 aliphatic heterocycles. The number of hydrogen-bond acceptors (Lipinski definition) is 7. The molecule has 0 radical (unpaired) electrons. The number of anilines is 1. The number of ether oxygens (including phenoxy) is 1. The van der Waals surface area contributed by atoms with Gasteiger partial charge in [0, 0.05) is 63.2 Å². The van der Waals surface area contributed by atoms with Crippen LogP contribution in [0.5, 0.6) is 0 Å². The van der Waals surface area contributed by atoms with Crippen LogP contribution in [-0.4, -0.2) is 61.4 Å². The zero-order valence-electron chi connectivity index (χ0n) is 23.6. The van der Waals surface area contributed by atoms with Gasteiger partial charge in [0.2, 0.25) is 0 Å². The summed E-state index contributed by atoms with van der Waals surface area (Å²) in [4.78, 5) is 34.1. The fraction of sp³-hybridized carbons (Fsp3) is 0.387. The number of amides is 1. The zero-order valence-corrected chi connectivity index (χ0v) is 23.6. The minimum atomic E-state index is -0.492. The van der Waals surface area contributed by atoms with Gasteiger partial charge < -0.3 is 19.2 Å². The summed E-state index contributed by atoms with van der Waals surface area (Å²) in [7, 11) is 3.51. The minimum absolute atomic E-state index is 0.102. The quantitative estimate of drug-likeness (QED) is 0.323. The van der Waals surface area contributed by atoms with Crippen molar-refractivity contribution in [3.05, 3.63) is 81.9 Å². The lowest BCUT2D eigenvalue weighted by atomic mass is 9.98. The van der Waals surface area contributed by atoms with E-state index in [2.05, 4.69) is 20.4 Å². The molecule has 1 aromatic carbocycles. The van der Waals surface area contributed by atoms with Crippen LogP contribution in [0, 0.1) is 5.82 Å². The molecule has 4 heterocycles. The van der Waals surface area contributed by atoms with Crippen LogP contribution in [-0.2, 0) is 18.3 Å². The van der Waals surface area contributed by atoms with Crippen LogP contribution in [0.25, 0.3) is 22.5 Å². The Morgan fingerprint density at radius 3 is 2.60 bits per heavy atom. The minimum Gasteiger partial charge on any atom is -0.379 e. The van der Waals surface area contributed by atoms with E-state index in [1.54, 1.807) is 47.8 Å². The molecule has 1 amide bonds. The maximum Gasteiger partial charge on any atom is 0.263 e. The molecule has 216 valence electrons. The molecule has 2 aliphatic carbocycles. The maximum atomic E-state index is 14.4. The van der Waals surface area contributed by atoms with Gasteiger partial charge in [-0.2, -0.15) is 0 Å². The molecule has 0 spiro atoms. The summed E-state index contributed by atoms with van der Waals surface area (Å²) in [5.41, 5.74) is 3.68. The van der Waals surface area contributed by atoms with Crippen molar-refractivity contribution in [3.8, 4) is 22.5 Å². The molecule has 3 fully saturated rings. The molecule has 1 saturated heterocycles. The number of halogens is 1. The average Bonchev–Trinajstić information content (AvgIpc) is 3.89. The summed E-state index contributed by atoms with van der Waals surface area (Å²) in [5.74, 6) is 0.290. The molecule has 3 aliphatic rings. The Kier molecular flexibility index (Phi) is 6.70. The molecule has 1 N–H and O–H groups in total. The SMILES string of the molecule is COC1CN(Cc2cc(C(=O)Nc3cc(-c4ccc(F)cc4-c4nncn4C)cc(C4CC4)n3)c(=O)n(C3CC3)c2)C1. The highest BCUT2D eigenvalue weighted by Gasteiger charge is 2.31. The number of carbonyl (C=O) groups excluding carboxylic acids is 1. The first kappa shape index (κ1) is 26.7. The van der Waals surface area contributed by atoms with Crippen LogP contribution < -0.4 is 10.9 Å². The van der Waals surface area contributed by atoms with Crippen molar-refractivity contribution in [1.29, 1.82) is 0 Å². The highest BCUT2D eigenvalue weighted by Crippen LogP contribution is 2.42. The second-order valence-corrected chi connectivity index (χ2v) is 11.6. The molecule has 4 aromatic rings. The van der Waals surface area contributed by atoms with Crippen LogP contribution in [0.2, 0.25) is 0 Å². The highest BCUT2D eigenvalue weighted by molar-refractivity contribution is 6.04. The number of nitrogens with one attached hydrogen (secondary N) is 1. The van der Waals surface area contributed by atoms with Gasteiger partial charge in [0.1, 0.15) is 23.5 Å². The topological polar surface area (TPSA) is 107 Å². The van der Waals surface area contributed by atoms with Crippen LogP contribution in [0.4, 0.5) is 10.2 Å². The summed E-state index contributed by atoms with van der Waals surface area (Å²) in [6.07, 6.45) is 7.56. The Bertz CT molecular complexity index is 1730. The van der Waals surface area contributed by atoms with E-state index in [0.717, 1.165) is 61.2 Å². The Balaban J connectivity index is 1.23. The first-order chi connectivity index (χ1) is 20.4. The van der Waals surface area contributed by atoms with Crippen molar-refractivity contribution in [3.63, 3.8) is 0 Å². The molecule has 0 bridgehead atoms. The largest absolute Gasteiger partial charge is 0.379 e. The van der Waals surface area contributed by atoms with Crippen molar-refractivity contribution in [2.75, 3.05) is 25.5 Å². The van der Waals surface area contributed by atoms with Gasteiger partial charge in [0.25, 0.3) is 11.5 Å². The normalized spacial score (nSPS) is 17.3. The molecule has 42 heavy (non-hydrogen) atoms. The number of likely N-dealkylation sites (tertiary alicyclic amines) is 1. The van der Waals surface area contributed by atoms with Gasteiger partial charge in [0.15, 0.2) is 5.82 Å². The second kappa shape index (κ2) is 10.6. The summed E-state index contributed by atoms with van der Waals surface area (Å²) >= 11 is 0. The van der Waals surface area contributed by atoms with Gasteiger partial charge in [-0.1, -0.05) is 6.07 Å². The lowest BCUT2D eigenvalue weighted by molar-refractivity contribution is -0.0334. The summed E-state index contributed by atoms with van der Waals surface area (Å²) in [5, 5.41) is 11.1. The van der Waals surface area contributed by atoms with E-state index in [9.17, 15) is 14.0 Å². The predicted octanol–water partition coefficient (Wildman–Crippen LogP) is 4.14. The zero-order chi connectivity index (χ0) is 29.0. The molecule has 3 aromatic heterocycles. The third-order valence-corrected chi connectivity index (χ3v) is 8.27. The molecule has 10 nitrogen and oxygen atoms in total. The number of pyridine rings is 2. The summed E-state index contributed by atoms with van der Waals surface area (Å²) < 4.78 is 23.2. The third-order valence-electron chi connectivity index (χ3n) is 8.27. The van der Waals surface area contributed by atoms with Crippen molar-refractivity contribution in [2.45, 2.75) is 50.3 Å². The fourth-order valence-corrected chi connectivity index (χ4v) is 5.62. The van der Waals surface area contributed by atoms with Gasteiger partial charge in [-0.3, -0.25) is 14.5 Å². The van der Waals surface area contributed by atoms with Gasteiger partial charge in [-0.15, -0.1) is 10.2 Å². The van der Waals surface area contributed by atoms with E-state index in [1.807, 2.05) is 12.3 Å². The van der Waals surface area contributed by atoms with E-state index in [1.165, 1.54) is 12.1 Å². The molecule has 11 heteroatoms. The Labute approximate surface area is 242 Å². The van der Waals surface area contributed by atoms with Crippen LogP contribution in [0.3, 0.4) is 0 Å². The first-order valence-electron chi connectivity index (χ1n) is 14.3. The molecular weight excluding hydrogens is 537 g/mol. The number of carbonyl (C=O) groups is 1. The van der Waals surface area contributed by atoms with E-state index >= 15 is 0 Å². The molecular formula is C31H32FN7O3. The van der Waals surface area contributed by atoms with Crippen molar-refractivity contribution < 1.29 is 13.9 Å². The Morgan fingerprint density at radius 1 is 1.10 bits per heavy atom. The molecule has 2 saturated carbocycles. The summed E-state index contributed by atoms with van der Waals surface area (Å²) in [6, 6.07) is 10.1. The van der Waals surface area contributed by atoms with Gasteiger partial charge in [-0.05, 0) is 72.7 Å². The second-order valence-electron chi connectivity index (χ2n) is 11.6. The van der Waals surface area contributed by atoms with E-state index in [-0.39, 0.29) is 29.1 Å². The standard InChI is InChI=1S/C31H32FN7O3/c1-37-17-33-36-29(37)25-12-21(32)5-8-24(25)20-10-27(19-3-4-19)34-28(11-20)35-30(40)26-9-18(13-38-15-23(16-38)42-2)14-39(31(26)41)22-6-7-22/h5,8-12,14,17,19,22-23H,3-4,6-7,13,15-16H2,1-2H3,(H,34,35,40). The van der Waals surface area contributed by atoms with Gasteiger partial charge >= 0.3 is 0 Å². The van der Waals surface area contributed by atoms with Crippen molar-refractivity contribution in [1.82, 2.24) is 29.2 Å². The van der Waals surface area contributed by atoms with E-state index in [4.69, 9.17) is 9.72 Å². The number of methoxy groups -OCH3 is 1. The van der Waals surface area contributed by atoms with E-state index < -0.39 is 5.91 Å². The Hall–Kier alpha value is -4.22. The third kappa shape index (κ3) is 5.25. The molecule has 7 rings (SSSR count). The number of aromatic nitrogens is 5. The predicted molar refractivity (Wildman–Crippen MR) is 155 cm³/mol. The van der Waals surface area contributed by atoms with Crippen LogP contribution >= 0.6 is 0 Å². The number of hydrogen-bond donors (Lipinski definition) is 1. The average molecular weight is 570 g/mol. The Morgan fingerprint density at radius 2 is 1.90 bits per heavy atom. The first-order valence-corrected chi connectivity index (χ1v) is 14.3.